The van der Waals surface area contributed by atoms with Gasteiger partial charge in [0.15, 0.2) is 0 Å². The van der Waals surface area contributed by atoms with Gasteiger partial charge in [-0.2, -0.15) is 22.0 Å². The van der Waals surface area contributed by atoms with Gasteiger partial charge in [-0.15, -0.1) is 0 Å². The molecule has 0 radical (unpaired) electrons. The molecule has 3 rings (SSSR count). The van der Waals surface area contributed by atoms with Crippen LogP contribution in [0.3, 0.4) is 0 Å². The third-order valence-electron chi connectivity index (χ3n) is 5.83. The quantitative estimate of drug-likeness (QED) is 0.157. The molecule has 3 aromatic rings. The number of amides is 2. The molecule has 0 spiro atoms. The van der Waals surface area contributed by atoms with Crippen LogP contribution in [-0.2, 0) is 22.1 Å². The van der Waals surface area contributed by atoms with Gasteiger partial charge in [0.05, 0.1) is 11.1 Å². The van der Waals surface area contributed by atoms with Crippen LogP contribution in [0.2, 0.25) is 0 Å². The maximum absolute atomic E-state index is 13.7. The predicted octanol–water partition coefficient (Wildman–Crippen LogP) is 6.76. The lowest BCUT2D eigenvalue weighted by atomic mass is 10.0. The molecule has 0 unspecified atom stereocenters. The van der Waals surface area contributed by atoms with Gasteiger partial charge in [0.1, 0.15) is 12.1 Å². The molecule has 0 saturated heterocycles. The van der Waals surface area contributed by atoms with Gasteiger partial charge in [0.25, 0.3) is 11.8 Å². The number of hydrogen-bond acceptors (Lipinski definition) is 4. The predicted molar refractivity (Wildman–Crippen MR) is 146 cm³/mol. The van der Waals surface area contributed by atoms with Gasteiger partial charge >= 0.3 is 18.1 Å². The molecule has 0 saturated carbocycles. The highest BCUT2D eigenvalue weighted by molar-refractivity contribution is 14.1. The molecule has 0 aliphatic carbocycles. The molecule has 2 N–H and O–H groups in total. The minimum Gasteiger partial charge on any atom is -0.459 e. The lowest BCUT2D eigenvalue weighted by Crippen LogP contribution is -2.51. The van der Waals surface area contributed by atoms with Crippen LogP contribution >= 0.6 is 22.6 Å². The summed E-state index contributed by atoms with van der Waals surface area (Å²) in [6.07, 6.45) is -5.78. The standard InChI is InChI=1S/C28H24F5IN2O4/c1-16-14-18(27(29,30)28(31,32)33)12-13-21(16)35-23(37)19-10-7-11-20(34)22(19)24(38)36-26(2,3)25(39)40-15-17-8-5-4-6-9-17/h4-14H,15H2,1-3H3,(H,35,37)(H,36,38). The van der Waals surface area contributed by atoms with Crippen LogP contribution in [0, 0.1) is 10.5 Å². The molecule has 0 bridgehead atoms. The Balaban J connectivity index is 1.80. The van der Waals surface area contributed by atoms with E-state index in [1.165, 1.54) is 32.9 Å². The number of halogens is 6. The first-order valence-corrected chi connectivity index (χ1v) is 12.8. The molecule has 3 aromatic carbocycles. The second-order valence-corrected chi connectivity index (χ2v) is 10.5. The Kier molecular flexibility index (Phi) is 9.22. The molecule has 0 atom stereocenters. The number of rotatable bonds is 8. The Bertz CT molecular complexity index is 1430. The minimum absolute atomic E-state index is 0.0114. The number of carbonyl (C=O) groups is 3. The first-order valence-electron chi connectivity index (χ1n) is 11.7. The number of alkyl halides is 5. The van der Waals surface area contributed by atoms with E-state index in [4.69, 9.17) is 4.74 Å². The van der Waals surface area contributed by atoms with E-state index in [-0.39, 0.29) is 29.0 Å². The van der Waals surface area contributed by atoms with E-state index in [2.05, 4.69) is 10.6 Å². The smallest absolute Gasteiger partial charge is 0.458 e. The number of esters is 1. The highest BCUT2D eigenvalue weighted by Crippen LogP contribution is 2.44. The molecule has 0 fully saturated rings. The van der Waals surface area contributed by atoms with Crippen molar-refractivity contribution in [1.29, 1.82) is 0 Å². The Hall–Kier alpha value is -3.55. The average Bonchev–Trinajstić information content (AvgIpc) is 2.87. The van der Waals surface area contributed by atoms with Crippen LogP contribution in [0.1, 0.15) is 51.3 Å². The van der Waals surface area contributed by atoms with Crippen LogP contribution in [0.25, 0.3) is 0 Å². The van der Waals surface area contributed by atoms with Crippen LogP contribution in [0.5, 0.6) is 0 Å². The molecular weight excluding hydrogens is 650 g/mol. The molecule has 0 aromatic heterocycles. The Labute approximate surface area is 240 Å². The summed E-state index contributed by atoms with van der Waals surface area (Å²) in [4.78, 5) is 39.1. The molecule has 0 aliphatic rings. The lowest BCUT2D eigenvalue weighted by molar-refractivity contribution is -0.289. The zero-order chi connectivity index (χ0) is 29.9. The van der Waals surface area contributed by atoms with Crippen molar-refractivity contribution in [2.75, 3.05) is 5.32 Å². The monoisotopic (exact) mass is 674 g/mol. The Morgan fingerprint density at radius 2 is 1.52 bits per heavy atom. The van der Waals surface area contributed by atoms with Gasteiger partial charge in [0.2, 0.25) is 0 Å². The van der Waals surface area contributed by atoms with E-state index in [0.29, 0.717) is 15.7 Å². The van der Waals surface area contributed by atoms with Crippen molar-refractivity contribution in [3.05, 3.63) is 98.1 Å². The van der Waals surface area contributed by atoms with E-state index >= 15 is 0 Å². The van der Waals surface area contributed by atoms with Gasteiger partial charge in [0, 0.05) is 14.8 Å². The molecule has 40 heavy (non-hydrogen) atoms. The molecule has 6 nitrogen and oxygen atoms in total. The molecule has 12 heteroatoms. The number of nitrogens with one attached hydrogen (secondary N) is 2. The van der Waals surface area contributed by atoms with Crippen molar-refractivity contribution in [2.45, 2.75) is 45.0 Å². The van der Waals surface area contributed by atoms with Gasteiger partial charge in [-0.25, -0.2) is 4.79 Å². The number of aryl methyl sites for hydroxylation is 1. The maximum Gasteiger partial charge on any atom is 0.458 e. The van der Waals surface area contributed by atoms with E-state index in [1.54, 1.807) is 30.3 Å². The summed E-state index contributed by atoms with van der Waals surface area (Å²) in [7, 11) is 0. The van der Waals surface area contributed by atoms with E-state index in [9.17, 15) is 36.3 Å². The summed E-state index contributed by atoms with van der Waals surface area (Å²) in [5.41, 5.74) is -2.25. The van der Waals surface area contributed by atoms with Crippen LogP contribution in [0.4, 0.5) is 27.6 Å². The zero-order valence-corrected chi connectivity index (χ0v) is 23.6. The Morgan fingerprint density at radius 1 is 0.875 bits per heavy atom. The van der Waals surface area contributed by atoms with E-state index < -0.39 is 41.0 Å². The fraction of sp³-hybridized carbons (Fsp3) is 0.250. The number of benzene rings is 3. The van der Waals surface area contributed by atoms with Crippen molar-refractivity contribution >= 4 is 46.1 Å². The van der Waals surface area contributed by atoms with Crippen LogP contribution in [0.15, 0.2) is 66.7 Å². The van der Waals surface area contributed by atoms with Gasteiger partial charge in [-0.3, -0.25) is 9.59 Å². The number of anilines is 1. The molecule has 212 valence electrons. The summed E-state index contributed by atoms with van der Waals surface area (Å²) in [5, 5.41) is 5.02. The summed E-state index contributed by atoms with van der Waals surface area (Å²) < 4.78 is 71.4. The lowest BCUT2D eigenvalue weighted by Gasteiger charge is -2.25. The van der Waals surface area contributed by atoms with Crippen molar-refractivity contribution in [3.8, 4) is 0 Å². The second kappa shape index (κ2) is 11.9. The molecule has 0 aliphatic heterocycles. The number of carbonyl (C=O) groups excluding carboxylic acids is 3. The van der Waals surface area contributed by atoms with E-state index in [1.807, 2.05) is 28.7 Å². The average molecular weight is 674 g/mol. The SMILES string of the molecule is Cc1cc(C(F)(F)C(F)(F)F)ccc1NC(=O)c1cccc(I)c1C(=O)NC(C)(C)C(=O)OCc1ccccc1. The fourth-order valence-electron chi connectivity index (χ4n) is 3.60. The number of ether oxygens (including phenoxy) is 1. The van der Waals surface area contributed by atoms with Crippen molar-refractivity contribution in [2.24, 2.45) is 0 Å². The van der Waals surface area contributed by atoms with Crippen molar-refractivity contribution in [3.63, 3.8) is 0 Å². The summed E-state index contributed by atoms with van der Waals surface area (Å²) in [6.45, 7) is 4.13. The summed E-state index contributed by atoms with van der Waals surface area (Å²) >= 11 is 1.84. The molecular formula is C28H24F5IN2O4. The van der Waals surface area contributed by atoms with Crippen LogP contribution in [-0.4, -0.2) is 29.5 Å². The fourth-order valence-corrected chi connectivity index (χ4v) is 4.34. The van der Waals surface area contributed by atoms with Crippen LogP contribution < -0.4 is 10.6 Å². The molecule has 0 heterocycles. The second-order valence-electron chi connectivity index (χ2n) is 9.36. The number of hydrogen-bond donors (Lipinski definition) is 2. The Morgan fingerprint density at radius 3 is 2.12 bits per heavy atom. The highest BCUT2D eigenvalue weighted by Gasteiger charge is 2.58. The third kappa shape index (κ3) is 6.95. The normalized spacial score (nSPS) is 12.0. The van der Waals surface area contributed by atoms with Crippen molar-refractivity contribution < 1.29 is 41.1 Å². The summed E-state index contributed by atoms with van der Waals surface area (Å²) in [5.74, 6) is -7.36. The highest BCUT2D eigenvalue weighted by atomic mass is 127. The first-order chi connectivity index (χ1) is 18.5. The van der Waals surface area contributed by atoms with Gasteiger partial charge in [-0.05, 0) is 78.8 Å². The van der Waals surface area contributed by atoms with E-state index in [0.717, 1.165) is 11.6 Å². The van der Waals surface area contributed by atoms with Crippen molar-refractivity contribution in [1.82, 2.24) is 5.32 Å². The maximum atomic E-state index is 13.7. The zero-order valence-electron chi connectivity index (χ0n) is 21.5. The summed E-state index contributed by atoms with van der Waals surface area (Å²) in [6, 6.07) is 15.5. The topological polar surface area (TPSA) is 84.5 Å². The van der Waals surface area contributed by atoms with Gasteiger partial charge in [-0.1, -0.05) is 42.5 Å². The first kappa shape index (κ1) is 31.0. The molecule has 2 amide bonds. The minimum atomic E-state index is -5.78. The largest absolute Gasteiger partial charge is 0.459 e. The third-order valence-corrected chi connectivity index (χ3v) is 6.73. The van der Waals surface area contributed by atoms with Gasteiger partial charge < -0.3 is 15.4 Å².